The van der Waals surface area contributed by atoms with E-state index in [2.05, 4.69) is 24.0 Å². The molecular formula is C12H20N2O. The molecule has 2 heterocycles. The van der Waals surface area contributed by atoms with Gasteiger partial charge in [0.15, 0.2) is 0 Å². The van der Waals surface area contributed by atoms with Crippen molar-refractivity contribution in [3.05, 3.63) is 23.7 Å². The van der Waals surface area contributed by atoms with Crippen LogP contribution in [-0.2, 0) is 13.0 Å². The number of furan rings is 1. The summed E-state index contributed by atoms with van der Waals surface area (Å²) in [5, 5.41) is 0. The van der Waals surface area contributed by atoms with Crippen LogP contribution in [0, 0.1) is 0 Å². The molecule has 0 spiro atoms. The number of hydrogen-bond acceptors (Lipinski definition) is 3. The van der Waals surface area contributed by atoms with E-state index in [9.17, 15) is 0 Å². The molecule has 1 aromatic heterocycles. The van der Waals surface area contributed by atoms with Crippen LogP contribution in [0.15, 0.2) is 16.5 Å². The molecule has 2 N–H and O–H groups in total. The maximum atomic E-state index is 5.86. The van der Waals surface area contributed by atoms with Crippen LogP contribution in [0.25, 0.3) is 0 Å². The second-order valence-electron chi connectivity index (χ2n) is 4.40. The van der Waals surface area contributed by atoms with Crippen molar-refractivity contribution in [3.8, 4) is 0 Å². The molecule has 0 aromatic carbocycles. The van der Waals surface area contributed by atoms with Gasteiger partial charge in [0.05, 0.1) is 6.54 Å². The highest BCUT2D eigenvalue weighted by molar-refractivity contribution is 5.07. The normalized spacial score (nSPS) is 22.4. The quantitative estimate of drug-likeness (QED) is 0.820. The highest BCUT2D eigenvalue weighted by Crippen LogP contribution is 2.15. The molecule has 15 heavy (non-hydrogen) atoms. The maximum Gasteiger partial charge on any atom is 0.118 e. The summed E-state index contributed by atoms with van der Waals surface area (Å²) in [4.78, 5) is 2.36. The van der Waals surface area contributed by atoms with Crippen molar-refractivity contribution >= 4 is 0 Å². The summed E-state index contributed by atoms with van der Waals surface area (Å²) in [6.45, 7) is 5.19. The number of aryl methyl sites for hydroxylation is 1. The molecule has 0 aliphatic carbocycles. The average molecular weight is 208 g/mol. The first-order valence-corrected chi connectivity index (χ1v) is 5.83. The molecular weight excluding hydrogens is 188 g/mol. The minimum atomic E-state index is 0.357. The van der Waals surface area contributed by atoms with Gasteiger partial charge in [-0.05, 0) is 25.0 Å². The Kier molecular flexibility index (Phi) is 3.44. The SMILES string of the molecule is CCCc1ccc(CN2CCC(N)C2)o1. The molecule has 0 amide bonds. The van der Waals surface area contributed by atoms with Gasteiger partial charge in [-0.2, -0.15) is 0 Å². The molecule has 1 aromatic rings. The first-order valence-electron chi connectivity index (χ1n) is 5.83. The zero-order chi connectivity index (χ0) is 10.7. The molecule has 3 heteroatoms. The summed E-state index contributed by atoms with van der Waals surface area (Å²) < 4.78 is 5.74. The molecule has 1 saturated heterocycles. The number of likely N-dealkylation sites (tertiary alicyclic amines) is 1. The maximum absolute atomic E-state index is 5.86. The van der Waals surface area contributed by atoms with Gasteiger partial charge in [0, 0.05) is 25.6 Å². The van der Waals surface area contributed by atoms with Gasteiger partial charge in [-0.25, -0.2) is 0 Å². The second-order valence-corrected chi connectivity index (χ2v) is 4.40. The fraction of sp³-hybridized carbons (Fsp3) is 0.667. The summed E-state index contributed by atoms with van der Waals surface area (Å²) in [6.07, 6.45) is 3.30. The zero-order valence-electron chi connectivity index (χ0n) is 9.41. The lowest BCUT2D eigenvalue weighted by Gasteiger charge is -2.12. The van der Waals surface area contributed by atoms with Gasteiger partial charge < -0.3 is 10.2 Å². The Morgan fingerprint density at radius 2 is 2.27 bits per heavy atom. The molecule has 0 radical (unpaired) electrons. The largest absolute Gasteiger partial charge is 0.465 e. The Hall–Kier alpha value is -0.800. The minimum Gasteiger partial charge on any atom is -0.465 e. The van der Waals surface area contributed by atoms with Crippen molar-refractivity contribution in [3.63, 3.8) is 0 Å². The minimum absolute atomic E-state index is 0.357. The Morgan fingerprint density at radius 3 is 2.93 bits per heavy atom. The molecule has 0 saturated carbocycles. The molecule has 1 aliphatic rings. The summed E-state index contributed by atoms with van der Waals surface area (Å²) >= 11 is 0. The third kappa shape index (κ3) is 2.83. The molecule has 1 fully saturated rings. The molecule has 2 rings (SSSR count). The van der Waals surface area contributed by atoms with E-state index in [0.717, 1.165) is 50.4 Å². The molecule has 3 nitrogen and oxygen atoms in total. The van der Waals surface area contributed by atoms with Crippen LogP contribution >= 0.6 is 0 Å². The monoisotopic (exact) mass is 208 g/mol. The number of nitrogens with two attached hydrogens (primary N) is 1. The smallest absolute Gasteiger partial charge is 0.118 e. The average Bonchev–Trinajstić information content (AvgIpc) is 2.78. The van der Waals surface area contributed by atoms with Gasteiger partial charge in [0.1, 0.15) is 11.5 Å². The van der Waals surface area contributed by atoms with Crippen molar-refractivity contribution in [1.29, 1.82) is 0 Å². The standard InChI is InChI=1S/C12H20N2O/c1-2-3-11-4-5-12(15-11)9-14-7-6-10(13)8-14/h4-5,10H,2-3,6-9,13H2,1H3. The third-order valence-electron chi connectivity index (χ3n) is 2.90. The van der Waals surface area contributed by atoms with E-state index in [1.54, 1.807) is 0 Å². The van der Waals surface area contributed by atoms with Crippen LogP contribution in [0.5, 0.6) is 0 Å². The van der Waals surface area contributed by atoms with Crippen LogP contribution in [0.2, 0.25) is 0 Å². The van der Waals surface area contributed by atoms with Crippen LogP contribution < -0.4 is 5.73 Å². The fourth-order valence-electron chi connectivity index (χ4n) is 2.11. The number of hydrogen-bond donors (Lipinski definition) is 1. The van der Waals surface area contributed by atoms with E-state index in [1.165, 1.54) is 0 Å². The van der Waals surface area contributed by atoms with E-state index in [4.69, 9.17) is 10.2 Å². The van der Waals surface area contributed by atoms with Crippen molar-refractivity contribution < 1.29 is 4.42 Å². The summed E-state index contributed by atoms with van der Waals surface area (Å²) in [5.74, 6) is 2.18. The lowest BCUT2D eigenvalue weighted by Crippen LogP contribution is -2.26. The first kappa shape index (κ1) is 10.7. The number of rotatable bonds is 4. The van der Waals surface area contributed by atoms with Crippen molar-refractivity contribution in [1.82, 2.24) is 4.90 Å². The summed E-state index contributed by atoms with van der Waals surface area (Å²) in [6, 6.07) is 4.54. The molecule has 1 atom stereocenters. The zero-order valence-corrected chi connectivity index (χ0v) is 9.41. The van der Waals surface area contributed by atoms with Crippen LogP contribution in [0.1, 0.15) is 31.3 Å². The van der Waals surface area contributed by atoms with Crippen LogP contribution in [0.3, 0.4) is 0 Å². The Balaban J connectivity index is 1.87. The van der Waals surface area contributed by atoms with Gasteiger partial charge in [0.2, 0.25) is 0 Å². The highest BCUT2D eigenvalue weighted by atomic mass is 16.3. The molecule has 1 unspecified atom stereocenters. The van der Waals surface area contributed by atoms with Gasteiger partial charge in [0.25, 0.3) is 0 Å². The van der Waals surface area contributed by atoms with E-state index < -0.39 is 0 Å². The Labute approximate surface area is 91.2 Å². The van der Waals surface area contributed by atoms with Crippen LogP contribution in [0.4, 0.5) is 0 Å². The predicted molar refractivity (Wildman–Crippen MR) is 60.6 cm³/mol. The van der Waals surface area contributed by atoms with Gasteiger partial charge in [-0.3, -0.25) is 4.90 Å². The lowest BCUT2D eigenvalue weighted by molar-refractivity contribution is 0.289. The Morgan fingerprint density at radius 1 is 1.47 bits per heavy atom. The predicted octanol–water partition coefficient (Wildman–Crippen LogP) is 1.77. The molecule has 84 valence electrons. The summed E-state index contributed by atoms with van der Waals surface area (Å²) in [5.41, 5.74) is 5.86. The van der Waals surface area contributed by atoms with Gasteiger partial charge in [-0.1, -0.05) is 6.92 Å². The van der Waals surface area contributed by atoms with Crippen molar-refractivity contribution in [2.75, 3.05) is 13.1 Å². The van der Waals surface area contributed by atoms with Gasteiger partial charge >= 0.3 is 0 Å². The van der Waals surface area contributed by atoms with E-state index in [1.807, 2.05) is 0 Å². The molecule has 1 aliphatic heterocycles. The number of nitrogens with zero attached hydrogens (tertiary/aromatic N) is 1. The first-order chi connectivity index (χ1) is 7.28. The highest BCUT2D eigenvalue weighted by Gasteiger charge is 2.19. The molecule has 0 bridgehead atoms. The van der Waals surface area contributed by atoms with E-state index in [0.29, 0.717) is 6.04 Å². The van der Waals surface area contributed by atoms with E-state index in [-0.39, 0.29) is 0 Å². The van der Waals surface area contributed by atoms with Crippen molar-refractivity contribution in [2.24, 2.45) is 5.73 Å². The van der Waals surface area contributed by atoms with Gasteiger partial charge in [-0.15, -0.1) is 0 Å². The second kappa shape index (κ2) is 4.81. The lowest BCUT2D eigenvalue weighted by atomic mass is 10.3. The Bertz CT molecular complexity index is 308. The summed E-state index contributed by atoms with van der Waals surface area (Å²) in [7, 11) is 0. The fourth-order valence-corrected chi connectivity index (χ4v) is 2.11. The van der Waals surface area contributed by atoms with E-state index >= 15 is 0 Å². The van der Waals surface area contributed by atoms with Crippen LogP contribution in [-0.4, -0.2) is 24.0 Å². The van der Waals surface area contributed by atoms with Crippen molar-refractivity contribution in [2.45, 2.75) is 38.8 Å². The third-order valence-corrected chi connectivity index (χ3v) is 2.90. The topological polar surface area (TPSA) is 42.4 Å².